The zero-order valence-electron chi connectivity index (χ0n) is 12.0. The van der Waals surface area contributed by atoms with Gasteiger partial charge in [-0.2, -0.15) is 0 Å². The number of nitrogens with zero attached hydrogens (tertiary/aromatic N) is 2. The van der Waals surface area contributed by atoms with Gasteiger partial charge in [0, 0.05) is 12.5 Å². The van der Waals surface area contributed by atoms with Gasteiger partial charge in [-0.25, -0.2) is 0 Å². The summed E-state index contributed by atoms with van der Waals surface area (Å²) in [6.07, 6.45) is 4.95. The molecule has 0 saturated heterocycles. The Bertz CT molecular complexity index is 524. The van der Waals surface area contributed by atoms with E-state index in [0.717, 1.165) is 49.3 Å². The molecule has 0 spiro atoms. The zero-order chi connectivity index (χ0) is 14.4. The smallest absolute Gasteiger partial charge is 0.265 e. The number of hydrogen-bond acceptors (Lipinski definition) is 5. The molecule has 3 rings (SSSR count). The fourth-order valence-electron chi connectivity index (χ4n) is 3.01. The molecule has 0 aliphatic heterocycles. The van der Waals surface area contributed by atoms with E-state index in [9.17, 15) is 9.90 Å². The Labute approximate surface area is 122 Å². The van der Waals surface area contributed by atoms with Crippen LogP contribution in [0.15, 0.2) is 0 Å². The van der Waals surface area contributed by atoms with Crippen molar-refractivity contribution in [2.75, 3.05) is 6.54 Å². The van der Waals surface area contributed by atoms with Gasteiger partial charge in [-0.05, 0) is 49.1 Å². The molecule has 110 valence electrons. The first-order valence-corrected chi connectivity index (χ1v) is 8.03. The van der Waals surface area contributed by atoms with E-state index in [4.69, 9.17) is 0 Å². The maximum absolute atomic E-state index is 12.3. The van der Waals surface area contributed by atoms with E-state index in [1.165, 1.54) is 0 Å². The number of carbonyl (C=O) groups excluding carboxylic acids is 1. The van der Waals surface area contributed by atoms with Gasteiger partial charge in [0.05, 0.1) is 11.3 Å². The molecule has 2 N–H and O–H groups in total. The summed E-state index contributed by atoms with van der Waals surface area (Å²) in [6.45, 7) is 4.44. The third-order valence-electron chi connectivity index (χ3n) is 4.88. The normalized spacial score (nSPS) is 28.6. The van der Waals surface area contributed by atoms with Gasteiger partial charge in [-0.15, -0.1) is 5.10 Å². The third-order valence-corrected chi connectivity index (χ3v) is 5.62. The van der Waals surface area contributed by atoms with Crippen molar-refractivity contribution < 1.29 is 9.90 Å². The molecule has 1 unspecified atom stereocenters. The summed E-state index contributed by atoms with van der Waals surface area (Å²) in [5.41, 5.74) is -0.114. The lowest BCUT2D eigenvalue weighted by Crippen LogP contribution is -2.49. The number of rotatable bonds is 4. The fourth-order valence-corrected chi connectivity index (χ4v) is 3.67. The highest BCUT2D eigenvalue weighted by Gasteiger charge is 2.47. The maximum atomic E-state index is 12.3. The predicted molar refractivity (Wildman–Crippen MR) is 76.8 cm³/mol. The van der Waals surface area contributed by atoms with E-state index < -0.39 is 5.60 Å². The van der Waals surface area contributed by atoms with Crippen LogP contribution >= 0.6 is 11.5 Å². The molecule has 0 radical (unpaired) electrons. The standard InChI is InChI=1S/C14H21N3O2S/c1-13(2)6-3-7-14(13,19)8-15-12(18)11-10(9-4-5-9)16-17-20-11/h9,19H,3-8H2,1-2H3,(H,15,18). The molecule has 2 aliphatic rings. The Morgan fingerprint density at radius 1 is 1.45 bits per heavy atom. The van der Waals surface area contributed by atoms with Crippen LogP contribution in [0, 0.1) is 5.41 Å². The quantitative estimate of drug-likeness (QED) is 0.892. The van der Waals surface area contributed by atoms with E-state index in [1.807, 2.05) is 0 Å². The van der Waals surface area contributed by atoms with E-state index >= 15 is 0 Å². The van der Waals surface area contributed by atoms with Crippen LogP contribution in [-0.4, -0.2) is 32.7 Å². The highest BCUT2D eigenvalue weighted by Crippen LogP contribution is 2.45. The van der Waals surface area contributed by atoms with Crippen molar-refractivity contribution in [3.63, 3.8) is 0 Å². The van der Waals surface area contributed by atoms with Crippen molar-refractivity contribution in [1.29, 1.82) is 0 Å². The molecule has 2 saturated carbocycles. The minimum atomic E-state index is -0.805. The molecule has 6 heteroatoms. The summed E-state index contributed by atoms with van der Waals surface area (Å²) >= 11 is 1.15. The van der Waals surface area contributed by atoms with Crippen LogP contribution in [0.5, 0.6) is 0 Å². The van der Waals surface area contributed by atoms with Crippen molar-refractivity contribution >= 4 is 17.4 Å². The molecule has 2 fully saturated rings. The topological polar surface area (TPSA) is 75.1 Å². The molecule has 5 nitrogen and oxygen atoms in total. The largest absolute Gasteiger partial charge is 0.387 e. The van der Waals surface area contributed by atoms with Gasteiger partial charge in [0.25, 0.3) is 5.91 Å². The number of aromatic nitrogens is 2. The lowest BCUT2D eigenvalue weighted by atomic mass is 9.78. The minimum absolute atomic E-state index is 0.141. The first-order chi connectivity index (χ1) is 9.43. The highest BCUT2D eigenvalue weighted by atomic mass is 32.1. The van der Waals surface area contributed by atoms with Crippen molar-refractivity contribution in [2.45, 2.75) is 57.5 Å². The molecule has 1 heterocycles. The minimum Gasteiger partial charge on any atom is -0.387 e. The first kappa shape index (κ1) is 13.9. The van der Waals surface area contributed by atoms with Crippen LogP contribution in [0.2, 0.25) is 0 Å². The van der Waals surface area contributed by atoms with Gasteiger partial charge in [-0.3, -0.25) is 4.79 Å². The summed E-state index contributed by atoms with van der Waals surface area (Å²) in [5, 5.41) is 17.7. The monoisotopic (exact) mass is 295 g/mol. The van der Waals surface area contributed by atoms with Gasteiger partial charge >= 0.3 is 0 Å². The lowest BCUT2D eigenvalue weighted by Gasteiger charge is -2.36. The van der Waals surface area contributed by atoms with Crippen LogP contribution in [0.25, 0.3) is 0 Å². The van der Waals surface area contributed by atoms with Gasteiger partial charge in [0.2, 0.25) is 0 Å². The number of aliphatic hydroxyl groups is 1. The van der Waals surface area contributed by atoms with Crippen LogP contribution < -0.4 is 5.32 Å². The van der Waals surface area contributed by atoms with Crippen LogP contribution in [-0.2, 0) is 0 Å². The molecule has 1 atom stereocenters. The second kappa shape index (κ2) is 4.77. The first-order valence-electron chi connectivity index (χ1n) is 7.26. The summed E-state index contributed by atoms with van der Waals surface area (Å²) in [5.74, 6) is 0.276. The fraction of sp³-hybridized carbons (Fsp3) is 0.786. The molecule has 1 aromatic heterocycles. The molecule has 0 aromatic carbocycles. The summed E-state index contributed by atoms with van der Waals surface area (Å²) in [4.78, 5) is 12.9. The van der Waals surface area contributed by atoms with E-state index in [1.54, 1.807) is 0 Å². The zero-order valence-corrected chi connectivity index (χ0v) is 12.8. The Hall–Kier alpha value is -1.01. The van der Waals surface area contributed by atoms with Gasteiger partial charge in [0.1, 0.15) is 4.88 Å². The van der Waals surface area contributed by atoms with Crippen molar-refractivity contribution in [3.8, 4) is 0 Å². The summed E-state index contributed by atoms with van der Waals surface area (Å²) in [6, 6.07) is 0. The molecule has 1 amide bonds. The van der Waals surface area contributed by atoms with E-state index in [-0.39, 0.29) is 11.3 Å². The SMILES string of the molecule is CC1(C)CCCC1(O)CNC(=O)c1snnc1C1CC1. The van der Waals surface area contributed by atoms with Crippen molar-refractivity contribution in [3.05, 3.63) is 10.6 Å². The lowest BCUT2D eigenvalue weighted by molar-refractivity contribution is -0.0394. The Kier molecular flexibility index (Phi) is 3.33. The Balaban J connectivity index is 1.66. The van der Waals surface area contributed by atoms with Crippen LogP contribution in [0.3, 0.4) is 0 Å². The number of amides is 1. The summed E-state index contributed by atoms with van der Waals surface area (Å²) in [7, 11) is 0. The molecular weight excluding hydrogens is 274 g/mol. The summed E-state index contributed by atoms with van der Waals surface area (Å²) < 4.78 is 3.90. The molecule has 20 heavy (non-hydrogen) atoms. The number of carbonyl (C=O) groups is 1. The molecular formula is C14H21N3O2S. The van der Waals surface area contributed by atoms with Crippen LogP contribution in [0.4, 0.5) is 0 Å². The Morgan fingerprint density at radius 3 is 2.80 bits per heavy atom. The Morgan fingerprint density at radius 2 is 2.20 bits per heavy atom. The van der Waals surface area contributed by atoms with E-state index in [2.05, 4.69) is 28.8 Å². The van der Waals surface area contributed by atoms with Gasteiger partial charge < -0.3 is 10.4 Å². The van der Waals surface area contributed by atoms with Gasteiger partial charge in [-0.1, -0.05) is 18.3 Å². The van der Waals surface area contributed by atoms with E-state index in [0.29, 0.717) is 17.3 Å². The average Bonchev–Trinajstić information content (AvgIpc) is 3.05. The molecule has 0 bridgehead atoms. The predicted octanol–water partition coefficient (Wildman–Crippen LogP) is 2.09. The molecule has 2 aliphatic carbocycles. The second-order valence-corrected chi connectivity index (χ2v) is 7.47. The van der Waals surface area contributed by atoms with Crippen molar-refractivity contribution in [2.24, 2.45) is 5.41 Å². The highest BCUT2D eigenvalue weighted by molar-refractivity contribution is 7.08. The number of nitrogens with one attached hydrogen (secondary N) is 1. The maximum Gasteiger partial charge on any atom is 0.265 e. The number of hydrogen-bond donors (Lipinski definition) is 2. The van der Waals surface area contributed by atoms with Crippen molar-refractivity contribution in [1.82, 2.24) is 14.9 Å². The third kappa shape index (κ3) is 2.35. The molecule has 1 aromatic rings. The van der Waals surface area contributed by atoms with Crippen LogP contribution in [0.1, 0.15) is 67.2 Å². The second-order valence-electron chi connectivity index (χ2n) is 6.71. The average molecular weight is 295 g/mol. The van der Waals surface area contributed by atoms with Gasteiger partial charge in [0.15, 0.2) is 0 Å².